The minimum absolute atomic E-state index is 0.141. The third-order valence-electron chi connectivity index (χ3n) is 4.93. The normalized spacial score (nSPS) is 12.9. The first-order chi connectivity index (χ1) is 14.5. The third kappa shape index (κ3) is 5.53. The zero-order valence-electron chi connectivity index (χ0n) is 17.9. The van der Waals surface area contributed by atoms with Crippen molar-refractivity contribution in [2.45, 2.75) is 4.90 Å². The Hall–Kier alpha value is -2.23. The highest BCUT2D eigenvalue weighted by atomic mass is 32.3. The molecule has 0 N–H and O–H groups in total. The van der Waals surface area contributed by atoms with Gasteiger partial charge in [-0.3, -0.25) is 8.98 Å². The van der Waals surface area contributed by atoms with Crippen LogP contribution < -0.4 is 0 Å². The fourth-order valence-corrected chi connectivity index (χ4v) is 4.76. The Balaban J connectivity index is 0.000000401. The van der Waals surface area contributed by atoms with Gasteiger partial charge in [0.05, 0.1) is 34.8 Å². The Bertz CT molecular complexity index is 1230. The van der Waals surface area contributed by atoms with E-state index in [-0.39, 0.29) is 5.78 Å². The van der Waals surface area contributed by atoms with E-state index in [1.807, 2.05) is 42.1 Å². The van der Waals surface area contributed by atoms with Crippen LogP contribution in [0.25, 0.3) is 21.9 Å². The number of carbonyl (C=O) groups is 1. The molecule has 0 bridgehead atoms. The van der Waals surface area contributed by atoms with Crippen LogP contribution in [-0.2, 0) is 14.6 Å². The molecule has 0 heterocycles. The number of rotatable bonds is 5. The average molecular weight is 460 g/mol. The second-order valence-electron chi connectivity index (χ2n) is 8.15. The van der Waals surface area contributed by atoms with Crippen LogP contribution in [0.5, 0.6) is 0 Å². The molecule has 4 rings (SSSR count). The molecule has 0 unspecified atom stereocenters. The zero-order chi connectivity index (χ0) is 22.8. The van der Waals surface area contributed by atoms with Crippen LogP contribution in [0.3, 0.4) is 0 Å². The fraction of sp³-hybridized carbons (Fsp3) is 0.261. The Kier molecular flexibility index (Phi) is 6.88. The average Bonchev–Trinajstić information content (AvgIpc) is 2.71. The maximum Gasteiger partial charge on any atom is 0.217 e. The van der Waals surface area contributed by atoms with Gasteiger partial charge in [-0.1, -0.05) is 48.5 Å². The van der Waals surface area contributed by atoms with Crippen molar-refractivity contribution in [1.29, 1.82) is 0 Å². The van der Waals surface area contributed by atoms with Crippen molar-refractivity contribution in [3.8, 4) is 11.1 Å². The summed E-state index contributed by atoms with van der Waals surface area (Å²) in [5.74, 6) is 1.20. The third-order valence-corrected chi connectivity index (χ3v) is 6.39. The van der Waals surface area contributed by atoms with Gasteiger partial charge in [0.1, 0.15) is 0 Å². The molecule has 1 aliphatic rings. The van der Waals surface area contributed by atoms with Crippen LogP contribution >= 0.6 is 11.8 Å². The Labute approximate surface area is 187 Å². The fourth-order valence-electron chi connectivity index (χ4n) is 3.41. The van der Waals surface area contributed by atoms with Crippen molar-refractivity contribution in [3.05, 3.63) is 65.7 Å². The molecular formula is C23H25NO5S2. The Morgan fingerprint density at radius 1 is 0.903 bits per heavy atom. The van der Waals surface area contributed by atoms with Crippen molar-refractivity contribution >= 4 is 38.7 Å². The molecule has 31 heavy (non-hydrogen) atoms. The molecule has 0 fully saturated rings. The minimum Gasteiger partial charge on any atom is -0.726 e. The molecule has 0 saturated carbocycles. The van der Waals surface area contributed by atoms with Crippen LogP contribution in [0.4, 0.5) is 0 Å². The smallest absolute Gasteiger partial charge is 0.217 e. The number of nitrogens with zero attached hydrogens (tertiary/aromatic N) is 1. The first kappa shape index (κ1) is 23.4. The molecule has 3 aromatic rings. The van der Waals surface area contributed by atoms with Gasteiger partial charge in [0.25, 0.3) is 0 Å². The lowest BCUT2D eigenvalue weighted by atomic mass is 9.83. The monoisotopic (exact) mass is 459 g/mol. The van der Waals surface area contributed by atoms with Gasteiger partial charge < -0.3 is 9.04 Å². The van der Waals surface area contributed by atoms with Gasteiger partial charge in [0, 0.05) is 27.2 Å². The van der Waals surface area contributed by atoms with E-state index < -0.39 is 10.4 Å². The predicted octanol–water partition coefficient (Wildman–Crippen LogP) is 3.94. The van der Waals surface area contributed by atoms with Crippen molar-refractivity contribution in [1.82, 2.24) is 0 Å². The van der Waals surface area contributed by atoms with Crippen LogP contribution in [-0.4, -0.2) is 63.8 Å². The number of ketones is 1. The second-order valence-corrected chi connectivity index (χ2v) is 10.4. The van der Waals surface area contributed by atoms with Gasteiger partial charge in [0.2, 0.25) is 10.4 Å². The van der Waals surface area contributed by atoms with Crippen LogP contribution in [0, 0.1) is 0 Å². The summed E-state index contributed by atoms with van der Waals surface area (Å²) in [6.07, 6.45) is 0. The molecule has 6 nitrogen and oxygen atoms in total. The quantitative estimate of drug-likeness (QED) is 0.195. The van der Waals surface area contributed by atoms with Crippen molar-refractivity contribution in [3.63, 3.8) is 0 Å². The molecule has 0 radical (unpaired) electrons. The van der Waals surface area contributed by atoms with Crippen LogP contribution in [0.2, 0.25) is 0 Å². The highest BCUT2D eigenvalue weighted by molar-refractivity contribution is 7.99. The van der Waals surface area contributed by atoms with E-state index >= 15 is 0 Å². The molecule has 164 valence electrons. The standard InChI is InChI=1S/C22H22NOS.CH4O4S/c1-23(2,3)13-14-25-20-12-11-16-15-7-4-5-8-17(15)22(24)19-10-6-9-18(20)21(16)19;1-5-6(2,3)4/h4-12H,13-14H2,1-3H3;1H3,(H,2,3,4)/q+1;/p-1. The summed E-state index contributed by atoms with van der Waals surface area (Å²) in [7, 11) is 3.04. The number of hydrogen-bond donors (Lipinski definition) is 0. The zero-order valence-corrected chi connectivity index (χ0v) is 19.5. The van der Waals surface area contributed by atoms with Gasteiger partial charge in [0.15, 0.2) is 5.78 Å². The number of hydrogen-bond acceptors (Lipinski definition) is 6. The summed E-state index contributed by atoms with van der Waals surface area (Å²) in [6, 6.07) is 18.5. The maximum atomic E-state index is 12.9. The van der Waals surface area contributed by atoms with E-state index in [9.17, 15) is 17.8 Å². The van der Waals surface area contributed by atoms with Gasteiger partial charge in [-0.05, 0) is 22.6 Å². The van der Waals surface area contributed by atoms with E-state index in [1.165, 1.54) is 15.8 Å². The number of thioether (sulfide) groups is 1. The Morgan fingerprint density at radius 3 is 2.13 bits per heavy atom. The second kappa shape index (κ2) is 9.10. The minimum atomic E-state index is -4.41. The lowest BCUT2D eigenvalue weighted by Crippen LogP contribution is -2.36. The van der Waals surface area contributed by atoms with E-state index in [1.54, 1.807) is 0 Å². The Morgan fingerprint density at radius 2 is 1.52 bits per heavy atom. The number of fused-ring (bicyclic) bond motifs is 2. The summed E-state index contributed by atoms with van der Waals surface area (Å²) in [5.41, 5.74) is 3.88. The summed E-state index contributed by atoms with van der Waals surface area (Å²) < 4.78 is 32.0. The molecule has 0 aliphatic heterocycles. The lowest BCUT2D eigenvalue weighted by molar-refractivity contribution is -0.867. The molecule has 1 aliphatic carbocycles. The van der Waals surface area contributed by atoms with Crippen LogP contribution in [0.15, 0.2) is 59.5 Å². The highest BCUT2D eigenvalue weighted by Crippen LogP contribution is 2.42. The highest BCUT2D eigenvalue weighted by Gasteiger charge is 2.25. The van der Waals surface area contributed by atoms with Gasteiger partial charge in [-0.2, -0.15) is 0 Å². The van der Waals surface area contributed by atoms with Gasteiger partial charge >= 0.3 is 0 Å². The van der Waals surface area contributed by atoms with Crippen molar-refractivity contribution < 1.29 is 26.4 Å². The lowest BCUT2D eigenvalue weighted by Gasteiger charge is -2.24. The summed E-state index contributed by atoms with van der Waals surface area (Å²) in [6.45, 7) is 1.11. The summed E-state index contributed by atoms with van der Waals surface area (Å²) >= 11 is 1.88. The molecule has 0 amide bonds. The van der Waals surface area contributed by atoms with E-state index in [4.69, 9.17) is 0 Å². The molecule has 0 atom stereocenters. The predicted molar refractivity (Wildman–Crippen MR) is 123 cm³/mol. The summed E-state index contributed by atoms with van der Waals surface area (Å²) in [4.78, 5) is 14.2. The number of quaternary nitrogens is 1. The number of carbonyl (C=O) groups excluding carboxylic acids is 1. The molecular weight excluding hydrogens is 434 g/mol. The van der Waals surface area contributed by atoms with Crippen molar-refractivity contribution in [2.75, 3.05) is 40.6 Å². The largest absolute Gasteiger partial charge is 0.726 e. The van der Waals surface area contributed by atoms with Gasteiger partial charge in [-0.25, -0.2) is 8.42 Å². The van der Waals surface area contributed by atoms with E-state index in [2.05, 4.69) is 49.6 Å². The van der Waals surface area contributed by atoms with Gasteiger partial charge in [-0.15, -0.1) is 11.8 Å². The SMILES string of the molecule is COS(=O)(=O)[O-].C[N+](C)(C)CCSc1ccc2c3c(cccc13)C(=O)c1ccccc1-2. The molecule has 3 aromatic carbocycles. The van der Waals surface area contributed by atoms with Crippen LogP contribution in [0.1, 0.15) is 15.9 Å². The first-order valence-electron chi connectivity index (χ1n) is 9.66. The van der Waals surface area contributed by atoms with E-state index in [0.29, 0.717) is 0 Å². The summed E-state index contributed by atoms with van der Waals surface area (Å²) in [5, 5.41) is 2.31. The molecule has 0 spiro atoms. The number of benzene rings is 3. The topological polar surface area (TPSA) is 83.5 Å². The van der Waals surface area contributed by atoms with E-state index in [0.717, 1.165) is 46.0 Å². The molecule has 0 aromatic heterocycles. The first-order valence-corrected chi connectivity index (χ1v) is 12.0. The molecule has 0 saturated heterocycles. The molecule has 8 heteroatoms. The van der Waals surface area contributed by atoms with Crippen molar-refractivity contribution in [2.24, 2.45) is 0 Å². The maximum absolute atomic E-state index is 12.9.